The topological polar surface area (TPSA) is 225 Å². The Labute approximate surface area is 273 Å². The van der Waals surface area contributed by atoms with Crippen LogP contribution in [0, 0.1) is 44.2 Å². The monoisotopic (exact) mass is 670 g/mol. The predicted octanol–water partition coefficient (Wildman–Crippen LogP) is -1.05. The van der Waals surface area contributed by atoms with Crippen molar-refractivity contribution in [3.8, 4) is 5.75 Å². The zero-order chi connectivity index (χ0) is 35.9. The zero-order valence-electron chi connectivity index (χ0n) is 26.8. The highest BCUT2D eigenvalue weighted by atomic mass is 16.7. The first kappa shape index (κ1) is 32.3. The van der Waals surface area contributed by atoms with E-state index in [9.17, 15) is 54.3 Å². The van der Waals surface area contributed by atoms with Gasteiger partial charge >= 0.3 is 5.97 Å². The fourth-order valence-corrected chi connectivity index (χ4v) is 8.63. The quantitative estimate of drug-likeness (QED) is 0.127. The van der Waals surface area contributed by atoms with E-state index >= 15 is 0 Å². The number of aromatic hydroxyl groups is 1. The lowest BCUT2D eigenvalue weighted by Crippen LogP contribution is -2.64. The number of benzene rings is 1. The van der Waals surface area contributed by atoms with Crippen molar-refractivity contribution < 1.29 is 44.6 Å². The minimum absolute atomic E-state index is 0.00788. The smallest absolute Gasteiger partial charge is 0.302 e. The van der Waals surface area contributed by atoms with Crippen molar-refractivity contribution >= 4 is 23.3 Å². The average Bonchev–Trinajstić information content (AvgIpc) is 3.70. The first-order valence-electron chi connectivity index (χ1n) is 15.4. The highest BCUT2D eigenvalue weighted by molar-refractivity contribution is 5.99. The van der Waals surface area contributed by atoms with E-state index in [1.54, 1.807) is 0 Å². The van der Waals surface area contributed by atoms with Gasteiger partial charge in [0.2, 0.25) is 5.43 Å². The summed E-state index contributed by atoms with van der Waals surface area (Å²) in [7, 11) is 0. The van der Waals surface area contributed by atoms with Gasteiger partial charge < -0.3 is 35.0 Å². The molecule has 1 saturated heterocycles. The Morgan fingerprint density at radius 2 is 1.49 bits per heavy atom. The Morgan fingerprint density at radius 3 is 2.12 bits per heavy atom. The fraction of sp³-hybridized carbons (Fsp3) is 0.333. The van der Waals surface area contributed by atoms with Crippen LogP contribution in [0.25, 0.3) is 11.5 Å². The van der Waals surface area contributed by atoms with Crippen LogP contribution in [-0.4, -0.2) is 60.2 Å². The third-order valence-electron chi connectivity index (χ3n) is 10.4. The van der Waals surface area contributed by atoms with Gasteiger partial charge in [0.25, 0.3) is 0 Å². The minimum atomic E-state index is -2.19. The molecule has 0 aromatic heterocycles. The molecule has 0 spiro atoms. The molecule has 252 valence electrons. The van der Waals surface area contributed by atoms with E-state index in [-0.39, 0.29) is 48.2 Å². The first-order valence-corrected chi connectivity index (χ1v) is 15.4. The number of ketones is 1. The van der Waals surface area contributed by atoms with Crippen molar-refractivity contribution in [3.05, 3.63) is 124 Å². The molecule has 1 saturated carbocycles. The molecule has 1 heterocycles. The summed E-state index contributed by atoms with van der Waals surface area (Å²) in [5.41, 5.74) is -9.90. The molecular formula is C36H30O13. The van der Waals surface area contributed by atoms with Gasteiger partial charge in [-0.25, -0.2) is 0 Å². The van der Waals surface area contributed by atoms with Crippen LogP contribution in [0.2, 0.25) is 0 Å². The number of Topliss-reactive ketones (excluding diaryl/α,β-unsaturated/α-hetero) is 1. The molecule has 6 atom stereocenters. The highest BCUT2D eigenvalue weighted by Gasteiger charge is 2.89. The fourth-order valence-electron chi connectivity index (χ4n) is 8.63. The second-order valence-electron chi connectivity index (χ2n) is 13.4. The lowest BCUT2D eigenvalue weighted by Gasteiger charge is -2.46. The maximum Gasteiger partial charge on any atom is 0.302 e. The van der Waals surface area contributed by atoms with Gasteiger partial charge in [-0.3, -0.25) is 28.8 Å². The number of fused-ring (bicyclic) bond motifs is 1. The van der Waals surface area contributed by atoms with Crippen molar-refractivity contribution in [2.24, 2.45) is 5.92 Å². The van der Waals surface area contributed by atoms with Gasteiger partial charge in [0.15, 0.2) is 33.3 Å². The molecule has 5 aliphatic carbocycles. The van der Waals surface area contributed by atoms with Gasteiger partial charge in [-0.15, -0.1) is 0 Å². The zero-order valence-corrected chi connectivity index (χ0v) is 26.8. The van der Waals surface area contributed by atoms with E-state index in [1.807, 2.05) is 0 Å². The maximum absolute atomic E-state index is 14.0. The Morgan fingerprint density at radius 1 is 0.898 bits per heavy atom. The van der Waals surface area contributed by atoms with Gasteiger partial charge in [0.1, 0.15) is 23.7 Å². The molecule has 5 N–H and O–H groups in total. The number of phenols is 1. The molecule has 0 radical (unpaired) electrons. The van der Waals surface area contributed by atoms with Gasteiger partial charge in [0.05, 0.1) is 27.7 Å². The number of hydrogen-bond acceptors (Lipinski definition) is 13. The molecule has 0 unspecified atom stereocenters. The molecule has 1 aromatic rings. The lowest BCUT2D eigenvalue weighted by atomic mass is 9.58. The summed E-state index contributed by atoms with van der Waals surface area (Å²) in [5.74, 6) is -4.41. The van der Waals surface area contributed by atoms with Crippen LogP contribution in [-0.2, 0) is 19.1 Å². The van der Waals surface area contributed by atoms with Crippen LogP contribution in [0.4, 0.5) is 0 Å². The number of hydrogen-bond donors (Lipinski definition) is 5. The third kappa shape index (κ3) is 3.80. The summed E-state index contributed by atoms with van der Waals surface area (Å²) in [6.45, 7) is 6.71. The van der Waals surface area contributed by atoms with Crippen LogP contribution < -0.4 is 32.2 Å². The number of aryl methyl sites for hydroxylation is 1. The summed E-state index contributed by atoms with van der Waals surface area (Å²) < 4.78 is 11.3. The van der Waals surface area contributed by atoms with Gasteiger partial charge in [-0.05, 0) is 57.5 Å². The lowest BCUT2D eigenvalue weighted by molar-refractivity contribution is -0.162. The van der Waals surface area contributed by atoms with E-state index in [4.69, 9.17) is 9.47 Å². The summed E-state index contributed by atoms with van der Waals surface area (Å²) >= 11 is 0. The molecule has 0 bridgehead atoms. The number of aliphatic hydroxyl groups excluding tert-OH is 3. The van der Waals surface area contributed by atoms with Crippen molar-refractivity contribution in [1.82, 2.24) is 0 Å². The predicted molar refractivity (Wildman–Crippen MR) is 168 cm³/mol. The van der Waals surface area contributed by atoms with Crippen molar-refractivity contribution in [3.63, 3.8) is 0 Å². The summed E-state index contributed by atoms with van der Waals surface area (Å²) in [6, 6.07) is 5.90. The van der Waals surface area contributed by atoms with Crippen LogP contribution in [0.1, 0.15) is 51.3 Å². The van der Waals surface area contributed by atoms with Crippen LogP contribution in [0.3, 0.4) is 0 Å². The number of phenolic OH excluding ortho intramolecular Hbond substituents is 1. The van der Waals surface area contributed by atoms with Crippen molar-refractivity contribution in [1.29, 1.82) is 0 Å². The van der Waals surface area contributed by atoms with E-state index in [1.165, 1.54) is 52.0 Å². The largest absolute Gasteiger partial charge is 0.512 e. The normalized spacial score (nSPS) is 29.2. The second-order valence-corrected chi connectivity index (χ2v) is 13.4. The number of epoxide rings is 1. The Hall–Kier alpha value is -5.24. The SMILES string of the molecule is CC(=O)O[C@H](C)[C@H]1[C@@](C)(O)CC(=O)[C@]23O[C@]12C(O)=c1cc/c(=c2/ccc4c(=O)c5/c(=C(/C)O)c(C)cc(=O)c=5c(=O)c=4c2=O)c(O)c1[C@@H]3O. The number of rotatable bonds is 2. The van der Waals surface area contributed by atoms with E-state index in [0.717, 1.165) is 13.0 Å². The van der Waals surface area contributed by atoms with Gasteiger partial charge in [-0.1, -0.05) is 6.07 Å². The molecule has 0 amide bonds. The van der Waals surface area contributed by atoms with E-state index in [0.29, 0.717) is 0 Å². The summed E-state index contributed by atoms with van der Waals surface area (Å²) in [4.78, 5) is 79.8. The molecule has 6 aliphatic rings. The first-order chi connectivity index (χ1) is 22.8. The molecular weight excluding hydrogens is 640 g/mol. The Balaban J connectivity index is 1.59. The molecule has 1 aliphatic heterocycles. The number of ether oxygens (including phenoxy) is 2. The molecule has 7 rings (SSSR count). The molecule has 1 aromatic carbocycles. The van der Waals surface area contributed by atoms with Crippen molar-refractivity contribution in [2.45, 2.75) is 70.1 Å². The summed E-state index contributed by atoms with van der Waals surface area (Å²) in [6.07, 6.45) is -3.61. The number of carbonyl (C=O) groups is 2. The average molecular weight is 671 g/mol. The van der Waals surface area contributed by atoms with Gasteiger partial charge in [-0.2, -0.15) is 0 Å². The molecule has 13 nitrogen and oxygen atoms in total. The summed E-state index contributed by atoms with van der Waals surface area (Å²) in [5, 5.41) is 54.2. The van der Waals surface area contributed by atoms with E-state index in [2.05, 4.69) is 0 Å². The Kier molecular flexibility index (Phi) is 6.53. The Bertz CT molecular complexity index is 2810. The highest BCUT2D eigenvalue weighted by Crippen LogP contribution is 2.70. The molecule has 13 heteroatoms. The maximum atomic E-state index is 14.0. The third-order valence-corrected chi connectivity index (χ3v) is 10.4. The molecule has 49 heavy (non-hydrogen) atoms. The van der Waals surface area contributed by atoms with Crippen LogP contribution >= 0.6 is 0 Å². The number of aliphatic hydroxyl groups is 4. The van der Waals surface area contributed by atoms with E-state index < -0.39 is 96.8 Å². The minimum Gasteiger partial charge on any atom is -0.512 e. The second kappa shape index (κ2) is 9.91. The van der Waals surface area contributed by atoms with Gasteiger partial charge in [0, 0.05) is 50.2 Å². The van der Waals surface area contributed by atoms with Crippen LogP contribution in [0.5, 0.6) is 5.75 Å². The standard InChI is InChI=1S/C36H30O13/c1-12-10-20(39)25-26(22(12)13(2)37)29(43)18-8-6-16(27(41)23(18)30(25)44)17-7-9-19-24(28(17)42)33(46)35-21(40)11-34(5,47)31(14(3)48-15(4)38)36(35,49-35)32(19)45/h6-10,14,31,33,37,42,45-47H,11H2,1-5H3/b17-16+,22-13-/t14-,31+,33+,34+,35-,36+/m1/s1. The van der Waals surface area contributed by atoms with Crippen LogP contribution in [0.15, 0.2) is 49.5 Å². The molecule has 2 fully saturated rings. The number of carbonyl (C=O) groups excluding carboxylic acids is 2. The number of esters is 1. The van der Waals surface area contributed by atoms with Crippen molar-refractivity contribution in [2.75, 3.05) is 0 Å².